The molecule has 0 aliphatic carbocycles. The Labute approximate surface area is 160 Å². The zero-order valence-corrected chi connectivity index (χ0v) is 16.2. The van der Waals surface area contributed by atoms with Gasteiger partial charge in [-0.25, -0.2) is 4.98 Å². The molecule has 8 nitrogen and oxygen atoms in total. The highest BCUT2D eigenvalue weighted by atomic mass is 35.5. The quantitative estimate of drug-likeness (QED) is 0.659. The molecule has 0 atom stereocenters. The molecular formula is C18H19ClN6O2. The van der Waals surface area contributed by atoms with Crippen molar-refractivity contribution in [3.05, 3.63) is 56.6 Å². The van der Waals surface area contributed by atoms with Crippen LogP contribution in [0.1, 0.15) is 23.9 Å². The van der Waals surface area contributed by atoms with Gasteiger partial charge in [0.1, 0.15) is 0 Å². The number of nitrogens with zero attached hydrogens (tertiary/aromatic N) is 5. The van der Waals surface area contributed by atoms with Gasteiger partial charge in [0.05, 0.1) is 18.0 Å². The third-order valence-electron chi connectivity index (χ3n) is 3.95. The van der Waals surface area contributed by atoms with E-state index >= 15 is 0 Å². The van der Waals surface area contributed by atoms with Crippen LogP contribution in [0.5, 0.6) is 5.88 Å². The highest BCUT2D eigenvalue weighted by molar-refractivity contribution is 6.30. The molecule has 0 saturated heterocycles. The first kappa shape index (κ1) is 18.8. The van der Waals surface area contributed by atoms with Crippen LogP contribution in [0, 0.1) is 20.8 Å². The number of halogens is 1. The summed E-state index contributed by atoms with van der Waals surface area (Å²) < 4.78 is 6.78. The topological polar surface area (TPSA) is 97.5 Å². The number of benzene rings is 1. The first-order valence-corrected chi connectivity index (χ1v) is 8.75. The number of rotatable bonds is 5. The van der Waals surface area contributed by atoms with Crippen LogP contribution in [0.25, 0.3) is 5.95 Å². The molecule has 2 aromatic heterocycles. The molecular weight excluding hydrogens is 368 g/mol. The molecule has 0 fully saturated rings. The van der Waals surface area contributed by atoms with Crippen LogP contribution in [0.2, 0.25) is 5.02 Å². The van der Waals surface area contributed by atoms with Gasteiger partial charge in [0, 0.05) is 16.3 Å². The third kappa shape index (κ3) is 3.90. The molecule has 0 spiro atoms. The van der Waals surface area contributed by atoms with E-state index in [9.17, 15) is 4.79 Å². The number of ether oxygens (including phenoxy) is 1. The Morgan fingerprint density at radius 1 is 1.15 bits per heavy atom. The standard InChI is InChI=1S/C18H19ClN6O2/c1-5-27-16-10(2)11(3)20-18(21-16)25-17(26)15(12(4)24-25)23-22-14-8-6-13(19)7-9-14/h6-9,24H,5H2,1-4H3. The third-order valence-corrected chi connectivity index (χ3v) is 4.20. The lowest BCUT2D eigenvalue weighted by Gasteiger charge is -2.10. The molecule has 0 amide bonds. The summed E-state index contributed by atoms with van der Waals surface area (Å²) in [7, 11) is 0. The lowest BCUT2D eigenvalue weighted by molar-refractivity contribution is 0.322. The lowest BCUT2D eigenvalue weighted by Crippen LogP contribution is -2.18. The van der Waals surface area contributed by atoms with E-state index in [1.165, 1.54) is 4.68 Å². The van der Waals surface area contributed by atoms with Gasteiger partial charge in [-0.2, -0.15) is 14.8 Å². The Morgan fingerprint density at radius 2 is 1.85 bits per heavy atom. The minimum atomic E-state index is -0.393. The van der Waals surface area contributed by atoms with Crippen molar-refractivity contribution in [1.29, 1.82) is 0 Å². The van der Waals surface area contributed by atoms with Gasteiger partial charge < -0.3 is 4.74 Å². The number of aromatic amines is 1. The minimum Gasteiger partial charge on any atom is -0.478 e. The highest BCUT2D eigenvalue weighted by Gasteiger charge is 2.17. The molecule has 3 aromatic rings. The van der Waals surface area contributed by atoms with Crippen molar-refractivity contribution in [3.63, 3.8) is 0 Å². The average Bonchev–Trinajstić information content (AvgIpc) is 2.92. The first-order chi connectivity index (χ1) is 12.9. The van der Waals surface area contributed by atoms with Crippen molar-refractivity contribution in [2.24, 2.45) is 10.2 Å². The Bertz CT molecular complexity index is 1050. The van der Waals surface area contributed by atoms with Crippen molar-refractivity contribution < 1.29 is 4.74 Å². The van der Waals surface area contributed by atoms with E-state index in [1.54, 1.807) is 31.2 Å². The van der Waals surface area contributed by atoms with Crippen LogP contribution < -0.4 is 10.3 Å². The van der Waals surface area contributed by atoms with E-state index in [0.717, 1.165) is 11.3 Å². The maximum absolute atomic E-state index is 12.8. The highest BCUT2D eigenvalue weighted by Crippen LogP contribution is 2.22. The SMILES string of the molecule is CCOc1nc(-n2[nH]c(C)c(N=Nc3ccc(Cl)cc3)c2=O)nc(C)c1C. The number of nitrogens with one attached hydrogen (secondary N) is 1. The average molecular weight is 387 g/mol. The van der Waals surface area contributed by atoms with Gasteiger partial charge in [0.25, 0.3) is 5.95 Å². The molecule has 0 bridgehead atoms. The summed E-state index contributed by atoms with van der Waals surface area (Å²) in [5, 5.41) is 11.7. The summed E-state index contributed by atoms with van der Waals surface area (Å²) in [5.74, 6) is 0.645. The number of aromatic nitrogens is 4. The molecule has 0 aliphatic heterocycles. The van der Waals surface area contributed by atoms with E-state index in [2.05, 4.69) is 25.3 Å². The fourth-order valence-corrected chi connectivity index (χ4v) is 2.50. The van der Waals surface area contributed by atoms with Gasteiger partial charge in [-0.15, -0.1) is 5.11 Å². The maximum Gasteiger partial charge on any atom is 0.301 e. The number of hydrogen-bond donors (Lipinski definition) is 1. The normalized spacial score (nSPS) is 11.3. The van der Waals surface area contributed by atoms with Gasteiger partial charge >= 0.3 is 5.56 Å². The first-order valence-electron chi connectivity index (χ1n) is 8.38. The Hall–Kier alpha value is -3.00. The van der Waals surface area contributed by atoms with Crippen molar-refractivity contribution >= 4 is 23.0 Å². The van der Waals surface area contributed by atoms with Crippen molar-refractivity contribution in [2.45, 2.75) is 27.7 Å². The number of azo groups is 1. The number of H-pyrrole nitrogens is 1. The van der Waals surface area contributed by atoms with Gasteiger partial charge in [0.15, 0.2) is 5.69 Å². The Balaban J connectivity index is 2.01. The minimum absolute atomic E-state index is 0.185. The van der Waals surface area contributed by atoms with E-state index in [-0.39, 0.29) is 11.6 Å². The van der Waals surface area contributed by atoms with E-state index in [0.29, 0.717) is 28.9 Å². The smallest absolute Gasteiger partial charge is 0.301 e. The van der Waals surface area contributed by atoms with Gasteiger partial charge in [-0.1, -0.05) is 11.6 Å². The summed E-state index contributed by atoms with van der Waals surface area (Å²) in [4.78, 5) is 21.5. The maximum atomic E-state index is 12.8. The molecule has 0 aliphatic rings. The Kier molecular flexibility index (Phi) is 5.36. The van der Waals surface area contributed by atoms with E-state index < -0.39 is 5.56 Å². The van der Waals surface area contributed by atoms with Crippen molar-refractivity contribution in [2.75, 3.05) is 6.61 Å². The molecule has 27 heavy (non-hydrogen) atoms. The lowest BCUT2D eigenvalue weighted by atomic mass is 10.2. The Morgan fingerprint density at radius 3 is 2.52 bits per heavy atom. The van der Waals surface area contributed by atoms with Crippen LogP contribution in [0.3, 0.4) is 0 Å². The summed E-state index contributed by atoms with van der Waals surface area (Å²) in [6.07, 6.45) is 0. The van der Waals surface area contributed by atoms with Crippen LogP contribution in [0.4, 0.5) is 11.4 Å². The van der Waals surface area contributed by atoms with Crippen LogP contribution >= 0.6 is 11.6 Å². The van der Waals surface area contributed by atoms with Crippen molar-refractivity contribution in [1.82, 2.24) is 19.7 Å². The fourth-order valence-electron chi connectivity index (χ4n) is 2.38. The molecule has 0 saturated carbocycles. The number of aryl methyl sites for hydroxylation is 2. The van der Waals surface area contributed by atoms with Crippen LogP contribution in [-0.2, 0) is 0 Å². The van der Waals surface area contributed by atoms with Gasteiger partial charge in [0.2, 0.25) is 5.88 Å². The van der Waals surface area contributed by atoms with E-state index in [4.69, 9.17) is 16.3 Å². The van der Waals surface area contributed by atoms with Crippen LogP contribution in [-0.4, -0.2) is 26.4 Å². The predicted octanol–water partition coefficient (Wildman–Crippen LogP) is 4.35. The van der Waals surface area contributed by atoms with Crippen molar-refractivity contribution in [3.8, 4) is 11.8 Å². The zero-order valence-electron chi connectivity index (χ0n) is 15.4. The second kappa shape index (κ2) is 7.71. The molecule has 1 aromatic carbocycles. The monoisotopic (exact) mass is 386 g/mol. The zero-order chi connectivity index (χ0) is 19.6. The predicted molar refractivity (Wildman–Crippen MR) is 103 cm³/mol. The number of hydrogen-bond acceptors (Lipinski definition) is 6. The second-order valence-electron chi connectivity index (χ2n) is 5.87. The second-order valence-corrected chi connectivity index (χ2v) is 6.31. The summed E-state index contributed by atoms with van der Waals surface area (Å²) in [6.45, 7) is 7.79. The van der Waals surface area contributed by atoms with E-state index in [1.807, 2.05) is 20.8 Å². The summed E-state index contributed by atoms with van der Waals surface area (Å²) in [5.41, 5.74) is 2.50. The molecule has 3 rings (SSSR count). The summed E-state index contributed by atoms with van der Waals surface area (Å²) >= 11 is 5.85. The molecule has 0 unspecified atom stereocenters. The molecule has 9 heteroatoms. The fraction of sp³-hybridized carbons (Fsp3) is 0.278. The molecule has 1 N–H and O–H groups in total. The summed E-state index contributed by atoms with van der Waals surface area (Å²) in [6, 6.07) is 6.84. The molecule has 0 radical (unpaired) electrons. The van der Waals surface area contributed by atoms with Crippen LogP contribution in [0.15, 0.2) is 39.3 Å². The molecule has 2 heterocycles. The molecule has 140 valence electrons. The van der Waals surface area contributed by atoms with Gasteiger partial charge in [-0.05, 0) is 52.0 Å². The largest absolute Gasteiger partial charge is 0.478 e. The van der Waals surface area contributed by atoms with Gasteiger partial charge in [-0.3, -0.25) is 9.89 Å².